The number of hydrogen-bond acceptors (Lipinski definition) is 4. The molecule has 0 spiro atoms. The van der Waals surface area contributed by atoms with Gasteiger partial charge in [0.15, 0.2) is 0 Å². The molecule has 5 nitrogen and oxygen atoms in total. The van der Waals surface area contributed by atoms with E-state index in [0.29, 0.717) is 18.4 Å². The average Bonchev–Trinajstić information content (AvgIpc) is 3.06. The van der Waals surface area contributed by atoms with Gasteiger partial charge in [0, 0.05) is 18.6 Å². The monoisotopic (exact) mass is 346 g/mol. The van der Waals surface area contributed by atoms with Crippen molar-refractivity contribution in [3.8, 4) is 0 Å². The Kier molecular flexibility index (Phi) is 4.75. The number of hydrazine groups is 1. The molecule has 6 heteroatoms. The number of nitrogens with two attached hydrogens (primary N) is 1. The molecule has 4 rings (SSSR count). The van der Waals surface area contributed by atoms with Gasteiger partial charge in [0.1, 0.15) is 5.82 Å². The molecule has 3 aliphatic rings. The summed E-state index contributed by atoms with van der Waals surface area (Å²) >= 11 is 0. The number of hydrogen-bond donors (Lipinski definition) is 4. The second kappa shape index (κ2) is 7.02. The van der Waals surface area contributed by atoms with Crippen LogP contribution in [0.3, 0.4) is 0 Å². The van der Waals surface area contributed by atoms with Crippen molar-refractivity contribution in [2.24, 2.45) is 23.5 Å². The molecule has 4 atom stereocenters. The number of carbonyl (C=O) groups excluding carboxylic acids is 1. The number of benzene rings is 1. The van der Waals surface area contributed by atoms with Crippen LogP contribution < -0.4 is 21.9 Å². The van der Waals surface area contributed by atoms with Crippen LogP contribution in [0.2, 0.25) is 0 Å². The minimum atomic E-state index is -0.262. The maximum Gasteiger partial charge on any atom is 0.226 e. The second-order valence-electron chi connectivity index (χ2n) is 7.88. The van der Waals surface area contributed by atoms with Gasteiger partial charge in [-0.05, 0) is 55.2 Å². The van der Waals surface area contributed by atoms with Crippen molar-refractivity contribution in [1.29, 1.82) is 0 Å². The maximum atomic E-state index is 13.2. The van der Waals surface area contributed by atoms with Gasteiger partial charge in [0.25, 0.3) is 0 Å². The summed E-state index contributed by atoms with van der Waals surface area (Å²) in [5.41, 5.74) is 13.4. The van der Waals surface area contributed by atoms with E-state index in [1.165, 1.54) is 18.6 Å². The molecule has 1 aliphatic heterocycles. The molecule has 3 fully saturated rings. The van der Waals surface area contributed by atoms with E-state index < -0.39 is 0 Å². The number of carbonyl (C=O) groups is 1. The molecule has 25 heavy (non-hydrogen) atoms. The number of nitrogens with one attached hydrogen (secondary N) is 3. The van der Waals surface area contributed by atoms with Crippen molar-refractivity contribution in [3.05, 3.63) is 35.6 Å². The van der Waals surface area contributed by atoms with E-state index >= 15 is 0 Å². The van der Waals surface area contributed by atoms with Gasteiger partial charge in [-0.3, -0.25) is 10.2 Å². The van der Waals surface area contributed by atoms with Gasteiger partial charge >= 0.3 is 0 Å². The zero-order valence-electron chi connectivity index (χ0n) is 14.4. The molecule has 136 valence electrons. The van der Waals surface area contributed by atoms with Crippen LogP contribution in [0.15, 0.2) is 24.3 Å². The fourth-order valence-corrected chi connectivity index (χ4v) is 5.02. The molecule has 5 N–H and O–H groups in total. The second-order valence-corrected chi connectivity index (χ2v) is 7.88. The largest absolute Gasteiger partial charge is 0.352 e. The van der Waals surface area contributed by atoms with Crippen LogP contribution in [-0.4, -0.2) is 24.5 Å². The molecule has 1 heterocycles. The van der Waals surface area contributed by atoms with Crippen LogP contribution in [0.5, 0.6) is 0 Å². The number of halogens is 1. The third kappa shape index (κ3) is 3.43. The van der Waals surface area contributed by atoms with Crippen LogP contribution in [-0.2, 0) is 4.79 Å². The lowest BCUT2D eigenvalue weighted by atomic mass is 9.67. The molecule has 4 unspecified atom stereocenters. The highest BCUT2D eigenvalue weighted by molar-refractivity contribution is 5.80. The Hall–Kier alpha value is -1.50. The summed E-state index contributed by atoms with van der Waals surface area (Å²) in [7, 11) is 0. The molecule has 2 aliphatic carbocycles. The van der Waals surface area contributed by atoms with E-state index in [0.717, 1.165) is 31.2 Å². The lowest BCUT2D eigenvalue weighted by Crippen LogP contribution is -2.55. The molecule has 1 aromatic rings. The average molecular weight is 346 g/mol. The highest BCUT2D eigenvalue weighted by atomic mass is 19.1. The minimum Gasteiger partial charge on any atom is -0.352 e. The van der Waals surface area contributed by atoms with Gasteiger partial charge in [0.05, 0.1) is 12.0 Å². The summed E-state index contributed by atoms with van der Waals surface area (Å²) in [6.45, 7) is 0.579. The summed E-state index contributed by atoms with van der Waals surface area (Å²) < 4.78 is 13.2. The van der Waals surface area contributed by atoms with Crippen molar-refractivity contribution in [1.82, 2.24) is 16.2 Å². The van der Waals surface area contributed by atoms with Gasteiger partial charge < -0.3 is 11.1 Å². The Morgan fingerprint density at radius 1 is 1.16 bits per heavy atom. The lowest BCUT2D eigenvalue weighted by molar-refractivity contribution is -0.127. The van der Waals surface area contributed by atoms with Crippen LogP contribution in [0.4, 0.5) is 4.39 Å². The summed E-state index contributed by atoms with van der Waals surface area (Å²) in [6.07, 6.45) is 5.61. The first kappa shape index (κ1) is 16.9. The van der Waals surface area contributed by atoms with E-state index in [9.17, 15) is 9.18 Å². The smallest absolute Gasteiger partial charge is 0.226 e. The Labute approximate surface area is 147 Å². The zero-order chi connectivity index (χ0) is 17.4. The van der Waals surface area contributed by atoms with Crippen molar-refractivity contribution < 1.29 is 9.18 Å². The zero-order valence-corrected chi connectivity index (χ0v) is 14.4. The fourth-order valence-electron chi connectivity index (χ4n) is 5.02. The molecule has 1 amide bonds. The first-order valence-corrected chi connectivity index (χ1v) is 9.41. The SMILES string of the molecule is NC1CC2CCCC(C1)C2NC(=O)C1CNNC1c1ccc(F)cc1. The molecule has 0 aromatic heterocycles. The maximum absolute atomic E-state index is 13.2. The van der Waals surface area contributed by atoms with Crippen molar-refractivity contribution >= 4 is 5.91 Å². The normalized spacial score (nSPS) is 37.7. The standard InChI is InChI=1S/C19H27FN4O/c20-14-6-4-11(5-7-14)18-16(10-22-24-18)19(25)23-17-12-2-1-3-13(17)9-15(21)8-12/h4-7,12-13,15-18,22,24H,1-3,8-10,21H2,(H,23,25). The highest BCUT2D eigenvalue weighted by Crippen LogP contribution is 2.40. The van der Waals surface area contributed by atoms with Crippen molar-refractivity contribution in [3.63, 3.8) is 0 Å². The van der Waals surface area contributed by atoms with Gasteiger partial charge in [-0.25, -0.2) is 9.82 Å². The third-order valence-electron chi connectivity index (χ3n) is 6.23. The molecule has 1 aromatic carbocycles. The van der Waals surface area contributed by atoms with Crippen LogP contribution in [0.25, 0.3) is 0 Å². The summed E-state index contributed by atoms with van der Waals surface area (Å²) in [6, 6.07) is 6.78. The minimum absolute atomic E-state index is 0.0872. The number of fused-ring (bicyclic) bond motifs is 2. The third-order valence-corrected chi connectivity index (χ3v) is 6.23. The molecule has 2 saturated carbocycles. The number of amides is 1. The van der Waals surface area contributed by atoms with Crippen LogP contribution in [0.1, 0.15) is 43.7 Å². The van der Waals surface area contributed by atoms with E-state index in [2.05, 4.69) is 16.2 Å². The molecule has 1 saturated heterocycles. The van der Waals surface area contributed by atoms with Gasteiger partial charge in [0.2, 0.25) is 5.91 Å². The predicted octanol–water partition coefficient (Wildman–Crippen LogP) is 1.61. The van der Waals surface area contributed by atoms with Gasteiger partial charge in [-0.2, -0.15) is 0 Å². The van der Waals surface area contributed by atoms with E-state index in [-0.39, 0.29) is 35.8 Å². The highest BCUT2D eigenvalue weighted by Gasteiger charge is 2.42. The first-order chi connectivity index (χ1) is 12.1. The van der Waals surface area contributed by atoms with Crippen LogP contribution >= 0.6 is 0 Å². The molecular weight excluding hydrogens is 319 g/mol. The summed E-state index contributed by atoms with van der Waals surface area (Å²) in [5, 5.41) is 3.35. The lowest BCUT2D eigenvalue weighted by Gasteiger charge is -2.45. The Morgan fingerprint density at radius 2 is 1.84 bits per heavy atom. The van der Waals surface area contributed by atoms with Crippen molar-refractivity contribution in [2.75, 3.05) is 6.54 Å². The van der Waals surface area contributed by atoms with Crippen molar-refractivity contribution in [2.45, 2.75) is 50.2 Å². The summed E-state index contributed by atoms with van der Waals surface area (Å²) in [4.78, 5) is 13.0. The quantitative estimate of drug-likeness (QED) is 0.671. The Balaban J connectivity index is 1.46. The predicted molar refractivity (Wildman–Crippen MR) is 93.7 cm³/mol. The Morgan fingerprint density at radius 3 is 2.52 bits per heavy atom. The van der Waals surface area contributed by atoms with E-state index in [1.54, 1.807) is 12.1 Å². The molecular formula is C19H27FN4O. The first-order valence-electron chi connectivity index (χ1n) is 9.41. The Bertz CT molecular complexity index is 608. The molecule has 0 radical (unpaired) electrons. The summed E-state index contributed by atoms with van der Waals surface area (Å²) in [5.74, 6) is 0.657. The number of rotatable bonds is 3. The fraction of sp³-hybridized carbons (Fsp3) is 0.632. The molecule has 2 bridgehead atoms. The topological polar surface area (TPSA) is 79.2 Å². The van der Waals surface area contributed by atoms with Crippen LogP contribution in [0, 0.1) is 23.6 Å². The van der Waals surface area contributed by atoms with Gasteiger partial charge in [-0.15, -0.1) is 0 Å². The van der Waals surface area contributed by atoms with E-state index in [4.69, 9.17) is 5.73 Å². The van der Waals surface area contributed by atoms with Gasteiger partial charge in [-0.1, -0.05) is 18.6 Å². The van der Waals surface area contributed by atoms with E-state index in [1.807, 2.05) is 0 Å².